The molecule has 0 aliphatic heterocycles. The Morgan fingerprint density at radius 1 is 1.15 bits per heavy atom. The molecular formula is C17H15ClN4O3S2. The summed E-state index contributed by atoms with van der Waals surface area (Å²) in [4.78, 5) is 12.6. The first-order valence-electron chi connectivity index (χ1n) is 7.70. The molecule has 2 aromatic carbocycles. The van der Waals surface area contributed by atoms with Crippen LogP contribution < -0.4 is 5.32 Å². The molecule has 0 aliphatic carbocycles. The van der Waals surface area contributed by atoms with Gasteiger partial charge in [-0.2, -0.15) is 0 Å². The largest absolute Gasteiger partial charge is 0.322 e. The lowest BCUT2D eigenvalue weighted by atomic mass is 10.1. The summed E-state index contributed by atoms with van der Waals surface area (Å²) in [6, 6.07) is 11.1. The Hall–Kier alpha value is -2.33. The van der Waals surface area contributed by atoms with E-state index >= 15 is 0 Å². The fourth-order valence-electron chi connectivity index (χ4n) is 2.26. The van der Waals surface area contributed by atoms with E-state index in [0.717, 1.165) is 15.6 Å². The van der Waals surface area contributed by atoms with E-state index in [4.69, 9.17) is 11.6 Å². The van der Waals surface area contributed by atoms with Crippen LogP contribution in [0.5, 0.6) is 0 Å². The molecule has 0 radical (unpaired) electrons. The average molecular weight is 423 g/mol. The molecule has 1 aromatic heterocycles. The summed E-state index contributed by atoms with van der Waals surface area (Å²) in [5.74, 6) is -0.501. The van der Waals surface area contributed by atoms with Crippen molar-refractivity contribution in [2.45, 2.75) is 4.90 Å². The first kappa shape index (κ1) is 19.4. The normalized spacial score (nSPS) is 11.6. The maximum absolute atomic E-state index is 12.6. The van der Waals surface area contributed by atoms with Gasteiger partial charge in [-0.1, -0.05) is 28.2 Å². The van der Waals surface area contributed by atoms with Crippen LogP contribution >= 0.6 is 23.1 Å². The average Bonchev–Trinajstić information content (AvgIpc) is 3.17. The van der Waals surface area contributed by atoms with Crippen molar-refractivity contribution in [3.63, 3.8) is 0 Å². The number of amides is 1. The van der Waals surface area contributed by atoms with Gasteiger partial charge in [0.15, 0.2) is 0 Å². The number of benzene rings is 2. The van der Waals surface area contributed by atoms with Crippen molar-refractivity contribution >= 4 is 44.8 Å². The number of aromatic nitrogens is 2. The van der Waals surface area contributed by atoms with Crippen molar-refractivity contribution in [3.05, 3.63) is 58.4 Å². The zero-order chi connectivity index (χ0) is 19.6. The minimum absolute atomic E-state index is 0.00608. The van der Waals surface area contributed by atoms with Crippen LogP contribution in [0.2, 0.25) is 5.02 Å². The van der Waals surface area contributed by atoms with Crippen LogP contribution in [0.15, 0.2) is 52.7 Å². The predicted octanol–water partition coefficient (Wildman–Crippen LogP) is 3.36. The van der Waals surface area contributed by atoms with Crippen LogP contribution in [0.25, 0.3) is 11.3 Å². The fraction of sp³-hybridized carbons (Fsp3) is 0.118. The van der Waals surface area contributed by atoms with Crippen LogP contribution in [0, 0.1) is 0 Å². The summed E-state index contributed by atoms with van der Waals surface area (Å²) in [5.41, 5.74) is 2.25. The second kappa shape index (κ2) is 7.73. The van der Waals surface area contributed by atoms with E-state index in [0.29, 0.717) is 5.69 Å². The van der Waals surface area contributed by atoms with E-state index in [1.54, 1.807) is 24.3 Å². The summed E-state index contributed by atoms with van der Waals surface area (Å²) in [6.45, 7) is 0. The van der Waals surface area contributed by atoms with Gasteiger partial charge >= 0.3 is 0 Å². The standard InChI is InChI=1S/C17H15ClN4O3S2/c1-22(2)27(24,25)13-7-8-15(18)14(9-13)17(23)19-12-5-3-11(4-6-12)16-10-26-21-20-16/h3-10H,1-2H3,(H,19,23). The summed E-state index contributed by atoms with van der Waals surface area (Å²) in [7, 11) is -0.831. The summed E-state index contributed by atoms with van der Waals surface area (Å²) >= 11 is 7.35. The molecule has 7 nitrogen and oxygen atoms in total. The Balaban J connectivity index is 1.84. The molecule has 27 heavy (non-hydrogen) atoms. The van der Waals surface area contributed by atoms with E-state index in [9.17, 15) is 13.2 Å². The van der Waals surface area contributed by atoms with E-state index in [-0.39, 0.29) is 15.5 Å². The molecule has 140 valence electrons. The van der Waals surface area contributed by atoms with Crippen molar-refractivity contribution < 1.29 is 13.2 Å². The molecular weight excluding hydrogens is 408 g/mol. The molecule has 0 atom stereocenters. The Bertz CT molecular complexity index is 1070. The van der Waals surface area contributed by atoms with Gasteiger partial charge in [-0.3, -0.25) is 4.79 Å². The first-order valence-corrected chi connectivity index (χ1v) is 10.4. The molecule has 0 unspecified atom stereocenters. The molecule has 0 spiro atoms. The van der Waals surface area contributed by atoms with E-state index in [1.807, 2.05) is 5.38 Å². The molecule has 1 N–H and O–H groups in total. The molecule has 0 saturated heterocycles. The highest BCUT2D eigenvalue weighted by Gasteiger charge is 2.21. The molecule has 1 heterocycles. The predicted molar refractivity (Wildman–Crippen MR) is 106 cm³/mol. The Kier molecular flexibility index (Phi) is 5.56. The third kappa shape index (κ3) is 4.16. The Morgan fingerprint density at radius 3 is 2.44 bits per heavy atom. The maximum atomic E-state index is 12.6. The van der Waals surface area contributed by atoms with Gasteiger partial charge in [0.1, 0.15) is 5.69 Å². The van der Waals surface area contributed by atoms with Crippen molar-refractivity contribution in [1.29, 1.82) is 0 Å². The maximum Gasteiger partial charge on any atom is 0.257 e. The van der Waals surface area contributed by atoms with E-state index in [1.165, 1.54) is 43.8 Å². The molecule has 0 aliphatic rings. The molecule has 1 amide bonds. The van der Waals surface area contributed by atoms with E-state index in [2.05, 4.69) is 14.9 Å². The van der Waals surface area contributed by atoms with Crippen LogP contribution in [-0.2, 0) is 10.0 Å². The molecule has 3 rings (SSSR count). The fourth-order valence-corrected chi connectivity index (χ4v) is 3.86. The zero-order valence-electron chi connectivity index (χ0n) is 14.4. The van der Waals surface area contributed by atoms with Crippen molar-refractivity contribution in [3.8, 4) is 11.3 Å². The topological polar surface area (TPSA) is 92.3 Å². The second-order valence-electron chi connectivity index (χ2n) is 5.75. The lowest BCUT2D eigenvalue weighted by Gasteiger charge is -2.13. The number of rotatable bonds is 5. The number of halogens is 1. The highest BCUT2D eigenvalue weighted by molar-refractivity contribution is 7.89. The number of nitrogens with zero attached hydrogens (tertiary/aromatic N) is 3. The second-order valence-corrected chi connectivity index (χ2v) is 8.92. The van der Waals surface area contributed by atoms with E-state index < -0.39 is 15.9 Å². The minimum atomic E-state index is -3.67. The first-order chi connectivity index (χ1) is 12.8. The van der Waals surface area contributed by atoms with Crippen LogP contribution in [0.4, 0.5) is 5.69 Å². The Morgan fingerprint density at radius 2 is 1.85 bits per heavy atom. The number of carbonyl (C=O) groups is 1. The molecule has 0 saturated carbocycles. The van der Waals surface area contributed by atoms with Gasteiger partial charge in [0.25, 0.3) is 5.91 Å². The van der Waals surface area contributed by atoms with Gasteiger partial charge in [-0.25, -0.2) is 12.7 Å². The molecule has 0 bridgehead atoms. The van der Waals surface area contributed by atoms with Gasteiger partial charge in [0.05, 0.1) is 15.5 Å². The third-order valence-electron chi connectivity index (χ3n) is 3.76. The quantitative estimate of drug-likeness (QED) is 0.680. The van der Waals surface area contributed by atoms with Crippen LogP contribution in [-0.4, -0.2) is 42.3 Å². The van der Waals surface area contributed by atoms with Gasteiger partial charge in [0.2, 0.25) is 10.0 Å². The SMILES string of the molecule is CN(C)S(=O)(=O)c1ccc(Cl)c(C(=O)Nc2ccc(-c3csnn3)cc2)c1. The smallest absolute Gasteiger partial charge is 0.257 e. The monoisotopic (exact) mass is 422 g/mol. The molecule has 0 fully saturated rings. The lowest BCUT2D eigenvalue weighted by Crippen LogP contribution is -2.23. The van der Waals surface area contributed by atoms with Gasteiger partial charge < -0.3 is 5.32 Å². The van der Waals surface area contributed by atoms with Crippen molar-refractivity contribution in [1.82, 2.24) is 13.9 Å². The Labute approximate surface area is 165 Å². The van der Waals surface area contributed by atoms with Crippen molar-refractivity contribution in [2.24, 2.45) is 0 Å². The van der Waals surface area contributed by atoms with Gasteiger partial charge in [-0.05, 0) is 41.9 Å². The lowest BCUT2D eigenvalue weighted by molar-refractivity contribution is 0.102. The number of carbonyl (C=O) groups excluding carboxylic acids is 1. The summed E-state index contributed by atoms with van der Waals surface area (Å²) in [6.07, 6.45) is 0. The number of hydrogen-bond acceptors (Lipinski definition) is 6. The van der Waals surface area contributed by atoms with Crippen molar-refractivity contribution in [2.75, 3.05) is 19.4 Å². The number of nitrogens with one attached hydrogen (secondary N) is 1. The summed E-state index contributed by atoms with van der Waals surface area (Å²) in [5, 5.41) is 8.69. The molecule has 10 heteroatoms. The number of sulfonamides is 1. The van der Waals surface area contributed by atoms with Gasteiger partial charge in [0, 0.05) is 30.7 Å². The van der Waals surface area contributed by atoms with Gasteiger partial charge in [-0.15, -0.1) is 5.10 Å². The molecule has 3 aromatic rings. The number of anilines is 1. The zero-order valence-corrected chi connectivity index (χ0v) is 16.8. The number of hydrogen-bond donors (Lipinski definition) is 1. The van der Waals surface area contributed by atoms with Crippen LogP contribution in [0.3, 0.4) is 0 Å². The minimum Gasteiger partial charge on any atom is -0.322 e. The summed E-state index contributed by atoms with van der Waals surface area (Å²) < 4.78 is 29.4. The third-order valence-corrected chi connectivity index (χ3v) is 6.40. The highest BCUT2D eigenvalue weighted by Crippen LogP contribution is 2.24. The van der Waals surface area contributed by atoms with Crippen LogP contribution in [0.1, 0.15) is 10.4 Å². The highest BCUT2D eigenvalue weighted by atomic mass is 35.5.